The summed E-state index contributed by atoms with van der Waals surface area (Å²) in [5.74, 6) is 1.26. The Bertz CT molecular complexity index is 832. The molecule has 1 atom stereocenters. The molecule has 1 aromatic rings. The van der Waals surface area contributed by atoms with Crippen LogP contribution in [0.5, 0.6) is 0 Å². The number of amides is 1. The third-order valence-corrected chi connectivity index (χ3v) is 7.84. The molecule has 2 fully saturated rings. The van der Waals surface area contributed by atoms with E-state index in [0.717, 1.165) is 45.2 Å². The predicted octanol–water partition coefficient (Wildman–Crippen LogP) is 1.82. The number of unbranched alkanes of at least 4 members (excludes halogenated alkanes) is 1. The Labute approximate surface area is 179 Å². The van der Waals surface area contributed by atoms with Crippen LogP contribution in [0.2, 0.25) is 0 Å². The van der Waals surface area contributed by atoms with Crippen molar-refractivity contribution >= 4 is 15.9 Å². The van der Waals surface area contributed by atoms with Crippen molar-refractivity contribution in [3.8, 4) is 0 Å². The molecule has 0 N–H and O–H groups in total. The largest absolute Gasteiger partial charge is 0.342 e. The van der Waals surface area contributed by atoms with Crippen LogP contribution in [0.3, 0.4) is 0 Å². The molecule has 0 aromatic carbocycles. The lowest BCUT2D eigenvalue weighted by Gasteiger charge is -2.38. The Morgan fingerprint density at radius 3 is 2.53 bits per heavy atom. The average Bonchev–Trinajstić information content (AvgIpc) is 3.26. The van der Waals surface area contributed by atoms with Crippen molar-refractivity contribution in [1.29, 1.82) is 0 Å². The van der Waals surface area contributed by atoms with Gasteiger partial charge in [-0.1, -0.05) is 18.5 Å². The molecule has 30 heavy (non-hydrogen) atoms. The maximum atomic E-state index is 13.0. The van der Waals surface area contributed by atoms with Gasteiger partial charge in [-0.05, 0) is 44.9 Å². The summed E-state index contributed by atoms with van der Waals surface area (Å²) in [6.45, 7) is 9.51. The molecule has 1 amide bonds. The van der Waals surface area contributed by atoms with Crippen LogP contribution in [0.15, 0.2) is 4.52 Å². The third kappa shape index (κ3) is 5.20. The summed E-state index contributed by atoms with van der Waals surface area (Å²) in [6, 6.07) is -0.107. The first-order valence-corrected chi connectivity index (χ1v) is 12.8. The fourth-order valence-corrected chi connectivity index (χ4v) is 5.59. The van der Waals surface area contributed by atoms with E-state index in [1.807, 2.05) is 11.8 Å². The lowest BCUT2D eigenvalue weighted by Crippen LogP contribution is -2.45. The van der Waals surface area contributed by atoms with Crippen molar-refractivity contribution in [2.45, 2.75) is 58.9 Å². The molecular weight excluding hydrogens is 406 g/mol. The lowest BCUT2D eigenvalue weighted by atomic mass is 9.77. The molecule has 3 heterocycles. The minimum Gasteiger partial charge on any atom is -0.342 e. The normalized spacial score (nSPS) is 22.6. The fourth-order valence-electron chi connectivity index (χ4n) is 4.74. The van der Waals surface area contributed by atoms with Gasteiger partial charge >= 0.3 is 0 Å². The van der Waals surface area contributed by atoms with E-state index in [-0.39, 0.29) is 17.4 Å². The molecule has 3 rings (SSSR count). The van der Waals surface area contributed by atoms with Gasteiger partial charge in [0.2, 0.25) is 21.8 Å². The van der Waals surface area contributed by atoms with Gasteiger partial charge in [0, 0.05) is 32.7 Å². The molecular formula is C20H35N5O4S. The summed E-state index contributed by atoms with van der Waals surface area (Å²) in [5.41, 5.74) is -0.0328. The van der Waals surface area contributed by atoms with Crippen LogP contribution in [0.25, 0.3) is 0 Å². The van der Waals surface area contributed by atoms with E-state index >= 15 is 0 Å². The van der Waals surface area contributed by atoms with Crippen molar-refractivity contribution in [3.05, 3.63) is 11.7 Å². The van der Waals surface area contributed by atoms with Gasteiger partial charge in [0.15, 0.2) is 5.82 Å². The van der Waals surface area contributed by atoms with Crippen LogP contribution >= 0.6 is 0 Å². The Morgan fingerprint density at radius 1 is 1.30 bits per heavy atom. The Morgan fingerprint density at radius 2 is 2.00 bits per heavy atom. The van der Waals surface area contributed by atoms with Gasteiger partial charge in [-0.15, -0.1) is 0 Å². The van der Waals surface area contributed by atoms with Crippen LogP contribution in [-0.4, -0.2) is 84.1 Å². The minimum atomic E-state index is -3.17. The van der Waals surface area contributed by atoms with Gasteiger partial charge in [0.1, 0.15) is 0 Å². The van der Waals surface area contributed by atoms with E-state index in [2.05, 4.69) is 22.0 Å². The van der Waals surface area contributed by atoms with Gasteiger partial charge in [-0.3, -0.25) is 9.69 Å². The topological polar surface area (TPSA) is 99.9 Å². The molecule has 2 aliphatic rings. The number of hydrogen-bond donors (Lipinski definition) is 0. The summed E-state index contributed by atoms with van der Waals surface area (Å²) in [6.07, 6.45) is 5.68. The highest BCUT2D eigenvalue weighted by Crippen LogP contribution is 2.48. The summed E-state index contributed by atoms with van der Waals surface area (Å²) in [5, 5.41) is 3.95. The van der Waals surface area contributed by atoms with Gasteiger partial charge in [0.25, 0.3) is 0 Å². The standard InChI is InChI=1S/C20H35N5O4S/c1-5-7-10-23(6-2)18(26)14-24-15-20(8-11-25(12-9-20)30(4,27)28)13-17(24)19-21-16(3)22-29-19/h17H,5-15H2,1-4H3. The van der Waals surface area contributed by atoms with Crippen molar-refractivity contribution in [3.63, 3.8) is 0 Å². The number of sulfonamides is 1. The number of rotatable bonds is 8. The number of nitrogens with zero attached hydrogens (tertiary/aromatic N) is 5. The average molecular weight is 442 g/mol. The molecule has 170 valence electrons. The molecule has 2 saturated heterocycles. The van der Waals surface area contributed by atoms with Crippen molar-refractivity contribution in [1.82, 2.24) is 24.2 Å². The quantitative estimate of drug-likeness (QED) is 0.606. The number of likely N-dealkylation sites (tertiary alicyclic amines) is 1. The fraction of sp³-hybridized carbons (Fsp3) is 0.850. The summed E-state index contributed by atoms with van der Waals surface area (Å²) in [7, 11) is -3.17. The van der Waals surface area contributed by atoms with E-state index in [9.17, 15) is 13.2 Å². The maximum absolute atomic E-state index is 13.0. The van der Waals surface area contributed by atoms with Crippen molar-refractivity contribution in [2.24, 2.45) is 5.41 Å². The molecule has 1 unspecified atom stereocenters. The molecule has 1 spiro atoms. The summed E-state index contributed by atoms with van der Waals surface area (Å²) in [4.78, 5) is 21.5. The van der Waals surface area contributed by atoms with E-state index in [4.69, 9.17) is 4.52 Å². The van der Waals surface area contributed by atoms with Crippen LogP contribution < -0.4 is 0 Å². The highest BCUT2D eigenvalue weighted by Gasteiger charge is 2.49. The zero-order chi connectivity index (χ0) is 21.9. The highest BCUT2D eigenvalue weighted by atomic mass is 32.2. The van der Waals surface area contributed by atoms with Gasteiger partial charge in [0.05, 0.1) is 18.8 Å². The number of aryl methyl sites for hydroxylation is 1. The molecule has 10 heteroatoms. The van der Waals surface area contributed by atoms with Gasteiger partial charge in [-0.25, -0.2) is 12.7 Å². The third-order valence-electron chi connectivity index (χ3n) is 6.54. The van der Waals surface area contributed by atoms with Crippen LogP contribution in [0.1, 0.15) is 63.7 Å². The monoisotopic (exact) mass is 441 g/mol. The van der Waals surface area contributed by atoms with Crippen LogP contribution in [0, 0.1) is 12.3 Å². The lowest BCUT2D eigenvalue weighted by molar-refractivity contribution is -0.132. The zero-order valence-corrected chi connectivity index (χ0v) is 19.4. The predicted molar refractivity (Wildman–Crippen MR) is 113 cm³/mol. The first kappa shape index (κ1) is 23.1. The van der Waals surface area contributed by atoms with Crippen molar-refractivity contribution < 1.29 is 17.7 Å². The first-order valence-electron chi connectivity index (χ1n) is 10.9. The zero-order valence-electron chi connectivity index (χ0n) is 18.6. The van der Waals surface area contributed by atoms with E-state index < -0.39 is 10.0 Å². The molecule has 0 bridgehead atoms. The van der Waals surface area contributed by atoms with E-state index in [1.54, 1.807) is 11.2 Å². The second-order valence-electron chi connectivity index (χ2n) is 8.79. The molecule has 0 radical (unpaired) electrons. The van der Waals surface area contributed by atoms with E-state index in [0.29, 0.717) is 37.9 Å². The molecule has 0 saturated carbocycles. The molecule has 0 aliphatic carbocycles. The minimum absolute atomic E-state index is 0.0328. The smallest absolute Gasteiger partial charge is 0.244 e. The second-order valence-corrected chi connectivity index (χ2v) is 10.8. The Balaban J connectivity index is 1.75. The van der Waals surface area contributed by atoms with Gasteiger partial charge in [-0.2, -0.15) is 4.98 Å². The SMILES string of the molecule is CCCCN(CC)C(=O)CN1CC2(CCN(S(C)(=O)=O)CC2)CC1c1nc(C)no1. The Hall–Kier alpha value is -1.52. The number of hydrogen-bond acceptors (Lipinski definition) is 7. The van der Waals surface area contributed by atoms with Gasteiger partial charge < -0.3 is 9.42 Å². The first-order chi connectivity index (χ1) is 14.2. The molecule has 2 aliphatic heterocycles. The molecule has 9 nitrogen and oxygen atoms in total. The van der Waals surface area contributed by atoms with Crippen molar-refractivity contribution in [2.75, 3.05) is 45.5 Å². The number of carbonyl (C=O) groups is 1. The van der Waals surface area contributed by atoms with Crippen LogP contribution in [-0.2, 0) is 14.8 Å². The number of aromatic nitrogens is 2. The maximum Gasteiger partial charge on any atom is 0.244 e. The van der Waals surface area contributed by atoms with Crippen LogP contribution in [0.4, 0.5) is 0 Å². The Kier molecular flexibility index (Phi) is 7.19. The number of likely N-dealkylation sites (N-methyl/N-ethyl adjacent to an activating group) is 1. The summed E-state index contributed by atoms with van der Waals surface area (Å²) >= 11 is 0. The summed E-state index contributed by atoms with van der Waals surface area (Å²) < 4.78 is 30.9. The molecule has 1 aromatic heterocycles. The number of piperidine rings is 1. The van der Waals surface area contributed by atoms with E-state index in [1.165, 1.54) is 6.26 Å². The second kappa shape index (κ2) is 9.32. The number of carbonyl (C=O) groups excluding carboxylic acids is 1. The highest BCUT2D eigenvalue weighted by molar-refractivity contribution is 7.88.